The predicted octanol–water partition coefficient (Wildman–Crippen LogP) is 3.93. The quantitative estimate of drug-likeness (QED) is 0.679. The lowest BCUT2D eigenvalue weighted by Crippen LogP contribution is -2.41. The average Bonchev–Trinajstić information content (AvgIpc) is 3.25. The Morgan fingerprint density at radius 3 is 2.57 bits per heavy atom. The fraction of sp³-hybridized carbons (Fsp3) is 0.300. The van der Waals surface area contributed by atoms with Crippen LogP contribution < -0.4 is 5.32 Å². The molecule has 28 heavy (non-hydrogen) atoms. The molecule has 0 unspecified atom stereocenters. The number of urea groups is 1. The van der Waals surface area contributed by atoms with Crippen molar-refractivity contribution in [1.82, 2.24) is 24.9 Å². The third-order valence-electron chi connectivity index (χ3n) is 4.90. The Kier molecular flexibility index (Phi) is 5.57. The lowest BCUT2D eigenvalue weighted by Gasteiger charge is -2.31. The second-order valence-electron chi connectivity index (χ2n) is 6.68. The van der Waals surface area contributed by atoms with Crippen molar-refractivity contribution in [2.75, 3.05) is 24.7 Å². The van der Waals surface area contributed by atoms with Crippen molar-refractivity contribution in [2.45, 2.75) is 23.8 Å². The first-order valence-electron chi connectivity index (χ1n) is 9.26. The summed E-state index contributed by atoms with van der Waals surface area (Å²) in [6.07, 6.45) is 7.43. The van der Waals surface area contributed by atoms with Gasteiger partial charge in [-0.1, -0.05) is 11.3 Å². The smallest absolute Gasteiger partial charge is 0.321 e. The van der Waals surface area contributed by atoms with Crippen LogP contribution in [-0.2, 0) is 0 Å². The molecule has 3 aromatic rings. The molecule has 0 aliphatic carbocycles. The van der Waals surface area contributed by atoms with Crippen LogP contribution >= 0.6 is 11.8 Å². The third-order valence-corrected chi connectivity index (χ3v) is 5.65. The summed E-state index contributed by atoms with van der Waals surface area (Å²) >= 11 is 1.68. The molecule has 3 heterocycles. The normalized spacial score (nSPS) is 14.8. The zero-order chi connectivity index (χ0) is 19.3. The molecule has 1 aromatic carbocycles. The Balaban J connectivity index is 1.33. The van der Waals surface area contributed by atoms with Gasteiger partial charge < -0.3 is 10.2 Å². The molecule has 0 saturated carbocycles. The number of amides is 2. The monoisotopic (exact) mass is 394 g/mol. The molecule has 2 amide bonds. The largest absolute Gasteiger partial charge is 0.324 e. The number of piperidine rings is 1. The van der Waals surface area contributed by atoms with Crippen molar-refractivity contribution in [3.05, 3.63) is 54.9 Å². The summed E-state index contributed by atoms with van der Waals surface area (Å²) in [6.45, 7) is 1.39. The van der Waals surface area contributed by atoms with E-state index in [-0.39, 0.29) is 12.1 Å². The van der Waals surface area contributed by atoms with Gasteiger partial charge in [0.1, 0.15) is 5.69 Å². The predicted molar refractivity (Wildman–Crippen MR) is 110 cm³/mol. The van der Waals surface area contributed by atoms with Crippen LogP contribution in [-0.4, -0.2) is 50.3 Å². The summed E-state index contributed by atoms with van der Waals surface area (Å²) in [7, 11) is 0. The lowest BCUT2D eigenvalue weighted by atomic mass is 10.1. The molecule has 2 aromatic heterocycles. The standard InChI is InChI=1S/C20H22N6OS/c1-28-17-7-5-15(6-8-17)22-20(27)25-12-9-16(10-13-25)26-14-19(23-24-26)18-4-2-3-11-21-18/h2-8,11,14,16H,9-10,12-13H2,1H3,(H,22,27). The number of carbonyl (C=O) groups excluding carboxylic acids is 1. The number of rotatable bonds is 4. The number of likely N-dealkylation sites (tertiary alicyclic amines) is 1. The topological polar surface area (TPSA) is 75.9 Å². The molecular weight excluding hydrogens is 372 g/mol. The Hall–Kier alpha value is -2.87. The van der Waals surface area contributed by atoms with Crippen LogP contribution in [0.4, 0.5) is 10.5 Å². The highest BCUT2D eigenvalue weighted by Gasteiger charge is 2.25. The van der Waals surface area contributed by atoms with E-state index in [0.717, 1.165) is 29.9 Å². The van der Waals surface area contributed by atoms with E-state index >= 15 is 0 Å². The first-order chi connectivity index (χ1) is 13.7. The van der Waals surface area contributed by atoms with Gasteiger partial charge in [-0.2, -0.15) is 0 Å². The minimum Gasteiger partial charge on any atom is -0.324 e. The Morgan fingerprint density at radius 1 is 1.11 bits per heavy atom. The van der Waals surface area contributed by atoms with E-state index in [1.54, 1.807) is 18.0 Å². The van der Waals surface area contributed by atoms with Gasteiger partial charge >= 0.3 is 6.03 Å². The van der Waals surface area contributed by atoms with Gasteiger partial charge in [0.2, 0.25) is 0 Å². The van der Waals surface area contributed by atoms with Crippen LogP contribution in [0.1, 0.15) is 18.9 Å². The first kappa shape index (κ1) is 18.5. The number of thioether (sulfide) groups is 1. The Labute approximate surface area is 168 Å². The van der Waals surface area contributed by atoms with Crippen LogP contribution in [0, 0.1) is 0 Å². The van der Waals surface area contributed by atoms with Crippen LogP contribution in [0.2, 0.25) is 0 Å². The third kappa shape index (κ3) is 4.17. The van der Waals surface area contributed by atoms with E-state index in [0.29, 0.717) is 13.1 Å². The molecule has 144 valence electrons. The second kappa shape index (κ2) is 8.43. The molecule has 1 N–H and O–H groups in total. The van der Waals surface area contributed by atoms with Crippen molar-refractivity contribution in [1.29, 1.82) is 0 Å². The van der Waals surface area contributed by atoms with Gasteiger partial charge in [-0.05, 0) is 55.5 Å². The van der Waals surface area contributed by atoms with E-state index in [1.807, 2.05) is 64.5 Å². The fourth-order valence-corrected chi connectivity index (χ4v) is 3.71. The highest BCUT2D eigenvalue weighted by atomic mass is 32.2. The van der Waals surface area contributed by atoms with Crippen LogP contribution in [0.15, 0.2) is 59.8 Å². The molecule has 1 aliphatic rings. The number of benzene rings is 1. The van der Waals surface area contributed by atoms with E-state index in [1.165, 1.54) is 4.90 Å². The van der Waals surface area contributed by atoms with E-state index < -0.39 is 0 Å². The molecule has 1 aliphatic heterocycles. The fourth-order valence-electron chi connectivity index (χ4n) is 3.30. The maximum Gasteiger partial charge on any atom is 0.321 e. The zero-order valence-corrected chi connectivity index (χ0v) is 16.5. The molecular formula is C20H22N6OS. The van der Waals surface area contributed by atoms with Gasteiger partial charge in [0, 0.05) is 29.9 Å². The molecule has 7 nitrogen and oxygen atoms in total. The summed E-state index contributed by atoms with van der Waals surface area (Å²) in [5, 5.41) is 11.5. The molecule has 1 fully saturated rings. The minimum absolute atomic E-state index is 0.0527. The zero-order valence-electron chi connectivity index (χ0n) is 15.7. The Bertz CT molecular complexity index is 919. The lowest BCUT2D eigenvalue weighted by molar-refractivity contribution is 0.179. The number of anilines is 1. The molecule has 8 heteroatoms. The van der Waals surface area contributed by atoms with Gasteiger partial charge in [-0.25, -0.2) is 9.48 Å². The maximum atomic E-state index is 12.5. The second-order valence-corrected chi connectivity index (χ2v) is 7.56. The molecule has 0 spiro atoms. The van der Waals surface area contributed by atoms with Crippen molar-refractivity contribution in [3.63, 3.8) is 0 Å². The van der Waals surface area contributed by atoms with Crippen LogP contribution in [0.3, 0.4) is 0 Å². The van der Waals surface area contributed by atoms with Crippen molar-refractivity contribution in [3.8, 4) is 11.4 Å². The summed E-state index contributed by atoms with van der Waals surface area (Å²) in [6, 6.07) is 13.8. The summed E-state index contributed by atoms with van der Waals surface area (Å²) in [4.78, 5) is 19.9. The number of hydrogen-bond acceptors (Lipinski definition) is 5. The van der Waals surface area contributed by atoms with Crippen LogP contribution in [0.5, 0.6) is 0 Å². The average molecular weight is 395 g/mol. The minimum atomic E-state index is -0.0527. The van der Waals surface area contributed by atoms with Gasteiger partial charge in [-0.15, -0.1) is 16.9 Å². The number of nitrogens with zero attached hydrogens (tertiary/aromatic N) is 5. The van der Waals surface area contributed by atoms with Gasteiger partial charge in [0.25, 0.3) is 0 Å². The maximum absolute atomic E-state index is 12.5. The van der Waals surface area contributed by atoms with Crippen molar-refractivity contribution < 1.29 is 4.79 Å². The summed E-state index contributed by atoms with van der Waals surface area (Å²) in [5.41, 5.74) is 2.41. The molecule has 0 bridgehead atoms. The number of nitrogens with one attached hydrogen (secondary N) is 1. The number of aromatic nitrogens is 4. The highest BCUT2D eigenvalue weighted by Crippen LogP contribution is 2.24. The first-order valence-corrected chi connectivity index (χ1v) is 10.5. The van der Waals surface area contributed by atoms with Crippen LogP contribution in [0.25, 0.3) is 11.4 Å². The van der Waals surface area contributed by atoms with E-state index in [4.69, 9.17) is 0 Å². The SMILES string of the molecule is CSc1ccc(NC(=O)N2CCC(n3cc(-c4ccccn4)nn3)CC2)cc1. The van der Waals surface area contributed by atoms with Gasteiger partial charge in [-0.3, -0.25) is 4.98 Å². The number of pyridine rings is 1. The summed E-state index contributed by atoms with van der Waals surface area (Å²) < 4.78 is 1.90. The molecule has 0 atom stereocenters. The highest BCUT2D eigenvalue weighted by molar-refractivity contribution is 7.98. The molecule has 4 rings (SSSR count). The summed E-state index contributed by atoms with van der Waals surface area (Å²) in [5.74, 6) is 0. The Morgan fingerprint density at radius 2 is 1.89 bits per heavy atom. The van der Waals surface area contributed by atoms with Gasteiger partial charge in [0.15, 0.2) is 0 Å². The van der Waals surface area contributed by atoms with Crippen molar-refractivity contribution >= 4 is 23.5 Å². The van der Waals surface area contributed by atoms with E-state index in [9.17, 15) is 4.79 Å². The van der Waals surface area contributed by atoms with Crippen molar-refractivity contribution in [2.24, 2.45) is 0 Å². The van der Waals surface area contributed by atoms with E-state index in [2.05, 4.69) is 20.6 Å². The number of hydrogen-bond donors (Lipinski definition) is 1. The molecule has 1 saturated heterocycles. The molecule has 0 radical (unpaired) electrons. The van der Waals surface area contributed by atoms with Gasteiger partial charge in [0.05, 0.1) is 17.9 Å². The number of carbonyl (C=O) groups is 1.